The highest BCUT2D eigenvalue weighted by molar-refractivity contribution is 6.30. The van der Waals surface area contributed by atoms with Crippen LogP contribution in [0.25, 0.3) is 0 Å². The van der Waals surface area contributed by atoms with E-state index in [9.17, 15) is 9.59 Å². The number of piperidine rings is 1. The number of anilines is 1. The van der Waals surface area contributed by atoms with Crippen LogP contribution in [0.2, 0.25) is 5.02 Å². The fraction of sp³-hybridized carbons (Fsp3) is 0.467. The zero-order valence-corrected chi connectivity index (χ0v) is 12.8. The highest BCUT2D eigenvalue weighted by atomic mass is 35.5. The van der Waals surface area contributed by atoms with Crippen molar-refractivity contribution >= 4 is 29.1 Å². The highest BCUT2D eigenvalue weighted by Gasteiger charge is 2.33. The van der Waals surface area contributed by atoms with Crippen molar-refractivity contribution in [2.45, 2.75) is 25.8 Å². The Hall–Kier alpha value is -1.59. The summed E-state index contributed by atoms with van der Waals surface area (Å²) >= 11 is 5.90. The van der Waals surface area contributed by atoms with Gasteiger partial charge < -0.3 is 16.0 Å². The van der Waals surface area contributed by atoms with Gasteiger partial charge in [0.05, 0.1) is 19.0 Å². The first-order valence-corrected chi connectivity index (χ1v) is 7.55. The fourth-order valence-corrected chi connectivity index (χ4v) is 2.92. The van der Waals surface area contributed by atoms with Crippen molar-refractivity contribution in [3.8, 4) is 0 Å². The van der Waals surface area contributed by atoms with E-state index in [4.69, 9.17) is 17.3 Å². The van der Waals surface area contributed by atoms with Gasteiger partial charge in [-0.1, -0.05) is 17.7 Å². The smallest absolute Gasteiger partial charge is 0.282 e. The number of nitrogens with two attached hydrogens (primary N) is 1. The van der Waals surface area contributed by atoms with E-state index in [1.54, 1.807) is 24.3 Å². The van der Waals surface area contributed by atoms with E-state index >= 15 is 0 Å². The molecule has 5 nitrogen and oxygen atoms in total. The number of likely N-dealkylation sites (tertiary alicyclic amines) is 1. The van der Waals surface area contributed by atoms with Gasteiger partial charge in [0.1, 0.15) is 0 Å². The Morgan fingerprint density at radius 3 is 2.90 bits per heavy atom. The summed E-state index contributed by atoms with van der Waals surface area (Å²) < 4.78 is 0. The van der Waals surface area contributed by atoms with Gasteiger partial charge in [-0.05, 0) is 38.0 Å². The Labute approximate surface area is 129 Å². The minimum Gasteiger partial charge on any atom is -0.369 e. The Kier molecular flexibility index (Phi) is 5.20. The van der Waals surface area contributed by atoms with E-state index in [1.807, 2.05) is 6.92 Å². The van der Waals surface area contributed by atoms with E-state index in [-0.39, 0.29) is 23.8 Å². The summed E-state index contributed by atoms with van der Waals surface area (Å²) in [4.78, 5) is 24.7. The van der Waals surface area contributed by atoms with Crippen molar-refractivity contribution in [1.29, 1.82) is 0 Å². The second kappa shape index (κ2) is 6.91. The summed E-state index contributed by atoms with van der Waals surface area (Å²) in [5, 5.41) is 3.45. The summed E-state index contributed by atoms with van der Waals surface area (Å²) in [7, 11) is 0. The third kappa shape index (κ3) is 4.19. The van der Waals surface area contributed by atoms with Crippen molar-refractivity contribution < 1.29 is 14.5 Å². The molecule has 1 aromatic rings. The van der Waals surface area contributed by atoms with E-state index in [0.717, 1.165) is 24.3 Å². The van der Waals surface area contributed by atoms with E-state index in [2.05, 4.69) is 5.32 Å². The molecule has 1 saturated heterocycles. The number of hydrogen-bond donors (Lipinski definition) is 3. The Morgan fingerprint density at radius 1 is 1.48 bits per heavy atom. The van der Waals surface area contributed by atoms with Crippen LogP contribution in [0.4, 0.5) is 5.69 Å². The summed E-state index contributed by atoms with van der Waals surface area (Å²) in [6.45, 7) is 3.38. The molecule has 0 saturated carbocycles. The first kappa shape index (κ1) is 15.8. The van der Waals surface area contributed by atoms with Gasteiger partial charge >= 0.3 is 0 Å². The summed E-state index contributed by atoms with van der Waals surface area (Å²) in [5.41, 5.74) is 6.06. The van der Waals surface area contributed by atoms with Crippen LogP contribution in [-0.2, 0) is 9.59 Å². The average Bonchev–Trinajstić information content (AvgIpc) is 2.46. The van der Waals surface area contributed by atoms with Crippen molar-refractivity contribution in [3.05, 3.63) is 29.3 Å². The maximum atomic E-state index is 12.3. The molecule has 6 heteroatoms. The molecule has 1 aliphatic rings. The van der Waals surface area contributed by atoms with Crippen molar-refractivity contribution in [1.82, 2.24) is 0 Å². The monoisotopic (exact) mass is 310 g/mol. The normalized spacial score (nSPS) is 23.3. The van der Waals surface area contributed by atoms with Crippen molar-refractivity contribution in [3.63, 3.8) is 0 Å². The lowest BCUT2D eigenvalue weighted by atomic mass is 9.96. The molecular formula is C15H21ClN3O2+. The number of benzene rings is 1. The summed E-state index contributed by atoms with van der Waals surface area (Å²) in [6, 6.07) is 6.83. The van der Waals surface area contributed by atoms with E-state index < -0.39 is 0 Å². The molecule has 114 valence electrons. The number of nitrogens with one attached hydrogen (secondary N) is 2. The molecule has 1 fully saturated rings. The van der Waals surface area contributed by atoms with Gasteiger partial charge in [0.15, 0.2) is 6.04 Å². The van der Waals surface area contributed by atoms with E-state index in [0.29, 0.717) is 17.3 Å². The van der Waals surface area contributed by atoms with Crippen LogP contribution in [-0.4, -0.2) is 30.9 Å². The molecule has 0 bridgehead atoms. The third-order valence-electron chi connectivity index (χ3n) is 4.06. The van der Waals surface area contributed by atoms with Crippen LogP contribution in [0.5, 0.6) is 0 Å². The second-order valence-electron chi connectivity index (χ2n) is 5.58. The second-order valence-corrected chi connectivity index (χ2v) is 6.01. The molecule has 0 spiro atoms. The van der Waals surface area contributed by atoms with Crippen LogP contribution in [0, 0.1) is 5.92 Å². The maximum Gasteiger partial charge on any atom is 0.282 e. The first-order chi connectivity index (χ1) is 9.97. The lowest BCUT2D eigenvalue weighted by molar-refractivity contribution is -0.921. The molecule has 0 aromatic heterocycles. The van der Waals surface area contributed by atoms with Gasteiger partial charge in [0.2, 0.25) is 5.91 Å². The molecule has 21 heavy (non-hydrogen) atoms. The Morgan fingerprint density at radius 2 is 2.24 bits per heavy atom. The van der Waals surface area contributed by atoms with Gasteiger partial charge in [-0.15, -0.1) is 0 Å². The Bertz CT molecular complexity index is 535. The number of carbonyl (C=O) groups is 2. The van der Waals surface area contributed by atoms with Crippen LogP contribution in [0.1, 0.15) is 19.8 Å². The number of amides is 2. The molecule has 0 aliphatic carbocycles. The van der Waals surface area contributed by atoms with Crippen LogP contribution in [0.15, 0.2) is 24.3 Å². The number of halogens is 1. The molecule has 1 heterocycles. The molecule has 2 amide bonds. The number of quaternary nitrogens is 1. The van der Waals surface area contributed by atoms with Crippen LogP contribution in [0.3, 0.4) is 0 Å². The fourth-order valence-electron chi connectivity index (χ4n) is 2.73. The topological polar surface area (TPSA) is 76.6 Å². The molecular weight excluding hydrogens is 290 g/mol. The molecule has 4 N–H and O–H groups in total. The quantitative estimate of drug-likeness (QED) is 0.755. The van der Waals surface area contributed by atoms with Crippen LogP contribution < -0.4 is 16.0 Å². The predicted molar refractivity (Wildman–Crippen MR) is 82.2 cm³/mol. The zero-order chi connectivity index (χ0) is 15.4. The molecule has 2 rings (SSSR count). The zero-order valence-electron chi connectivity index (χ0n) is 12.1. The molecule has 1 aliphatic heterocycles. The van der Waals surface area contributed by atoms with E-state index in [1.165, 1.54) is 0 Å². The van der Waals surface area contributed by atoms with Crippen LogP contribution >= 0.6 is 11.6 Å². The molecule has 0 radical (unpaired) electrons. The maximum absolute atomic E-state index is 12.3. The summed E-state index contributed by atoms with van der Waals surface area (Å²) in [6.07, 6.45) is 1.74. The standard InChI is InChI=1S/C15H20ClN3O2/c1-10(19-7-3-4-11(9-19)14(17)20)15(21)18-13-6-2-5-12(16)8-13/h2,5-6,8,10-11H,3-4,7,9H2,1H3,(H2,17,20)(H,18,21)/p+1/t10-,11+/m1/s1. The summed E-state index contributed by atoms with van der Waals surface area (Å²) in [5.74, 6) is -0.470. The first-order valence-electron chi connectivity index (χ1n) is 7.17. The predicted octanol–water partition coefficient (Wildman–Crippen LogP) is 0.447. The van der Waals surface area contributed by atoms with Gasteiger partial charge in [-0.25, -0.2) is 0 Å². The lowest BCUT2D eigenvalue weighted by Crippen LogP contribution is -3.18. The minimum atomic E-state index is -0.269. The number of rotatable bonds is 4. The largest absolute Gasteiger partial charge is 0.369 e. The molecule has 1 unspecified atom stereocenters. The van der Waals surface area contributed by atoms with Gasteiger partial charge in [-0.2, -0.15) is 0 Å². The van der Waals surface area contributed by atoms with Gasteiger partial charge in [0, 0.05) is 10.7 Å². The SMILES string of the molecule is C[C@H](C(=O)Nc1cccc(Cl)c1)[NH+]1CCC[C@H](C(N)=O)C1. The third-order valence-corrected chi connectivity index (χ3v) is 4.29. The average molecular weight is 311 g/mol. The number of hydrogen-bond acceptors (Lipinski definition) is 2. The lowest BCUT2D eigenvalue weighted by Gasteiger charge is -2.31. The molecule has 1 aromatic carbocycles. The van der Waals surface area contributed by atoms with Crippen molar-refractivity contribution in [2.24, 2.45) is 11.7 Å². The Balaban J connectivity index is 1.97. The molecule has 3 atom stereocenters. The van der Waals surface area contributed by atoms with Gasteiger partial charge in [0.25, 0.3) is 5.91 Å². The van der Waals surface area contributed by atoms with Crippen molar-refractivity contribution in [2.75, 3.05) is 18.4 Å². The van der Waals surface area contributed by atoms with Gasteiger partial charge in [-0.3, -0.25) is 9.59 Å². The highest BCUT2D eigenvalue weighted by Crippen LogP contribution is 2.15. The number of primary amides is 1. The minimum absolute atomic E-state index is 0.0719. The number of carbonyl (C=O) groups excluding carboxylic acids is 2.